The van der Waals surface area contributed by atoms with E-state index in [1.54, 1.807) is 30.3 Å². The number of anilines is 1. The van der Waals surface area contributed by atoms with Gasteiger partial charge in [-0.1, -0.05) is 83.5 Å². The van der Waals surface area contributed by atoms with Crippen LogP contribution >= 0.6 is 35.0 Å². The first-order chi connectivity index (χ1) is 17.0. The van der Waals surface area contributed by atoms with Crippen LogP contribution in [0.4, 0.5) is 5.69 Å². The van der Waals surface area contributed by atoms with Crippen molar-refractivity contribution in [1.82, 2.24) is 5.32 Å². The van der Waals surface area contributed by atoms with Crippen LogP contribution in [0.3, 0.4) is 0 Å². The van der Waals surface area contributed by atoms with Crippen LogP contribution in [0.15, 0.2) is 89.5 Å². The van der Waals surface area contributed by atoms with Crippen molar-refractivity contribution < 1.29 is 9.59 Å². The second-order valence-corrected chi connectivity index (χ2v) is 9.87. The first kappa shape index (κ1) is 24.9. The Hall–Kier alpha value is -3.24. The highest BCUT2D eigenvalue weighted by atomic mass is 35.5. The number of thioether (sulfide) groups is 1. The minimum Gasteiger partial charge on any atom is -0.351 e. The van der Waals surface area contributed by atoms with Crippen molar-refractivity contribution in [2.75, 3.05) is 11.4 Å². The number of carbonyl (C=O) groups excluding carboxylic acids is 2. The fourth-order valence-electron chi connectivity index (χ4n) is 3.73. The van der Waals surface area contributed by atoms with Gasteiger partial charge in [-0.2, -0.15) is 5.26 Å². The number of hydrogen-bond donors (Lipinski definition) is 1. The van der Waals surface area contributed by atoms with E-state index in [1.807, 2.05) is 54.6 Å². The van der Waals surface area contributed by atoms with Gasteiger partial charge < -0.3 is 5.32 Å². The molecule has 8 heteroatoms. The molecule has 0 saturated carbocycles. The van der Waals surface area contributed by atoms with Gasteiger partial charge in [0, 0.05) is 22.3 Å². The quantitative estimate of drug-likeness (QED) is 0.316. The monoisotopic (exact) mass is 521 g/mol. The molecule has 3 aromatic carbocycles. The first-order valence-electron chi connectivity index (χ1n) is 10.9. The average Bonchev–Trinajstić information content (AvgIpc) is 3.17. The molecule has 0 bridgehead atoms. The van der Waals surface area contributed by atoms with Crippen LogP contribution in [0.25, 0.3) is 0 Å². The van der Waals surface area contributed by atoms with Crippen molar-refractivity contribution in [3.63, 3.8) is 0 Å². The molecule has 0 radical (unpaired) electrons. The third kappa shape index (κ3) is 5.88. The van der Waals surface area contributed by atoms with Gasteiger partial charge in [0.05, 0.1) is 5.25 Å². The molecule has 2 amide bonds. The number of hydrogen-bond acceptors (Lipinski definition) is 4. The molecule has 1 fully saturated rings. The molecule has 1 atom stereocenters. The van der Waals surface area contributed by atoms with Crippen LogP contribution in [0.2, 0.25) is 10.0 Å². The fraction of sp³-hybridized carbons (Fsp3) is 0.148. The van der Waals surface area contributed by atoms with Gasteiger partial charge in [0.15, 0.2) is 0 Å². The number of halogens is 2. The fourth-order valence-corrected chi connectivity index (χ4v) is 5.36. The molecule has 0 aliphatic carbocycles. The number of rotatable bonds is 7. The molecule has 1 aliphatic heterocycles. The van der Waals surface area contributed by atoms with Crippen molar-refractivity contribution >= 4 is 52.5 Å². The van der Waals surface area contributed by atoms with Gasteiger partial charge >= 0.3 is 0 Å². The molecular weight excluding hydrogens is 501 g/mol. The zero-order valence-electron chi connectivity index (χ0n) is 18.6. The van der Waals surface area contributed by atoms with Crippen LogP contribution in [-0.2, 0) is 22.4 Å². The van der Waals surface area contributed by atoms with Gasteiger partial charge in [-0.25, -0.2) is 0 Å². The van der Waals surface area contributed by atoms with E-state index in [0.717, 1.165) is 11.1 Å². The summed E-state index contributed by atoms with van der Waals surface area (Å²) in [6, 6.07) is 25.8. The van der Waals surface area contributed by atoms with E-state index in [1.165, 1.54) is 16.7 Å². The summed E-state index contributed by atoms with van der Waals surface area (Å²) in [5.41, 5.74) is 2.33. The molecule has 4 rings (SSSR count). The lowest BCUT2D eigenvalue weighted by molar-refractivity contribution is -0.117. The van der Waals surface area contributed by atoms with Gasteiger partial charge in [-0.3, -0.25) is 14.5 Å². The lowest BCUT2D eigenvalue weighted by Gasteiger charge is -2.19. The third-order valence-electron chi connectivity index (χ3n) is 5.50. The molecular formula is C27H21Cl2N3O2S. The van der Waals surface area contributed by atoms with Crippen molar-refractivity contribution in [2.45, 2.75) is 18.1 Å². The number of nitrogens with one attached hydrogen (secondary N) is 1. The summed E-state index contributed by atoms with van der Waals surface area (Å²) in [6.45, 7) is 0.365. The van der Waals surface area contributed by atoms with Gasteiger partial charge in [0.1, 0.15) is 16.7 Å². The van der Waals surface area contributed by atoms with Crippen molar-refractivity contribution in [3.8, 4) is 6.07 Å². The predicted octanol–water partition coefficient (Wildman–Crippen LogP) is 5.78. The second-order valence-electron chi connectivity index (χ2n) is 7.84. The maximum Gasteiger partial charge on any atom is 0.264 e. The number of nitrogens with zero attached hydrogens (tertiary/aromatic N) is 2. The summed E-state index contributed by atoms with van der Waals surface area (Å²) in [5, 5.41) is 13.6. The molecule has 5 nitrogen and oxygen atoms in total. The molecule has 0 spiro atoms. The Morgan fingerprint density at radius 1 is 1.00 bits per heavy atom. The molecule has 176 valence electrons. The van der Waals surface area contributed by atoms with Crippen molar-refractivity contribution in [2.24, 2.45) is 0 Å². The van der Waals surface area contributed by atoms with Crippen molar-refractivity contribution in [3.05, 3.63) is 111 Å². The summed E-state index contributed by atoms with van der Waals surface area (Å²) >= 11 is 13.6. The summed E-state index contributed by atoms with van der Waals surface area (Å²) < 4.78 is 0. The van der Waals surface area contributed by atoms with E-state index in [0.29, 0.717) is 40.1 Å². The lowest BCUT2D eigenvalue weighted by Crippen LogP contribution is -2.32. The average molecular weight is 522 g/mol. The predicted molar refractivity (Wildman–Crippen MR) is 141 cm³/mol. The summed E-state index contributed by atoms with van der Waals surface area (Å²) in [6.07, 6.45) is 0.994. The zero-order valence-corrected chi connectivity index (χ0v) is 20.9. The molecule has 35 heavy (non-hydrogen) atoms. The molecule has 0 unspecified atom stereocenters. The highest BCUT2D eigenvalue weighted by Gasteiger charge is 2.41. The maximum atomic E-state index is 13.5. The number of amides is 2. The molecule has 1 N–H and O–H groups in total. The minimum absolute atomic E-state index is 0.104. The van der Waals surface area contributed by atoms with E-state index in [4.69, 9.17) is 23.2 Å². The summed E-state index contributed by atoms with van der Waals surface area (Å²) in [4.78, 5) is 28.0. The van der Waals surface area contributed by atoms with E-state index >= 15 is 0 Å². The standard InChI is InChI=1S/C27H21Cl2N3O2S/c28-20-10-12-21(13-11-20)32-26(34)24(16-19-8-4-5-9-23(19)29)35-27(32)22(17-30)25(33)31-15-14-18-6-2-1-3-7-18/h1-13,24H,14-16H2,(H,31,33)/b27-22-/t24-/m0/s1. The molecule has 1 heterocycles. The molecule has 3 aromatic rings. The van der Waals surface area contributed by atoms with Crippen LogP contribution in [-0.4, -0.2) is 23.6 Å². The van der Waals surface area contributed by atoms with E-state index < -0.39 is 11.2 Å². The topological polar surface area (TPSA) is 73.2 Å². The normalized spacial score (nSPS) is 16.7. The Morgan fingerprint density at radius 3 is 2.37 bits per heavy atom. The van der Waals surface area contributed by atoms with Gasteiger partial charge in [0.25, 0.3) is 5.91 Å². The molecule has 1 saturated heterocycles. The lowest BCUT2D eigenvalue weighted by atomic mass is 10.1. The second kappa shape index (κ2) is 11.5. The minimum atomic E-state index is -0.541. The van der Waals surface area contributed by atoms with Crippen LogP contribution in [0, 0.1) is 11.3 Å². The first-order valence-corrected chi connectivity index (χ1v) is 12.6. The highest BCUT2D eigenvalue weighted by molar-refractivity contribution is 8.05. The van der Waals surface area contributed by atoms with Crippen LogP contribution in [0.1, 0.15) is 11.1 Å². The van der Waals surface area contributed by atoms with Gasteiger partial charge in [-0.05, 0) is 54.3 Å². The van der Waals surface area contributed by atoms with Crippen LogP contribution < -0.4 is 10.2 Å². The Kier molecular flexibility index (Phi) is 8.14. The SMILES string of the molecule is N#C/C(C(=O)NCCc1ccccc1)=C1/S[C@@H](Cc2ccccc2Cl)C(=O)N1c1ccc(Cl)cc1. The van der Waals surface area contributed by atoms with E-state index in [-0.39, 0.29) is 11.5 Å². The Bertz CT molecular complexity index is 1300. The summed E-state index contributed by atoms with van der Waals surface area (Å²) in [5.74, 6) is -0.742. The Balaban J connectivity index is 1.62. The number of nitriles is 1. The van der Waals surface area contributed by atoms with Crippen molar-refractivity contribution in [1.29, 1.82) is 5.26 Å². The molecule has 1 aliphatic rings. The zero-order chi connectivity index (χ0) is 24.8. The van der Waals surface area contributed by atoms with E-state index in [9.17, 15) is 14.9 Å². The maximum absolute atomic E-state index is 13.5. The Labute approximate surface area is 218 Å². The summed E-state index contributed by atoms with van der Waals surface area (Å²) in [7, 11) is 0. The third-order valence-corrected chi connectivity index (χ3v) is 7.38. The Morgan fingerprint density at radius 2 is 1.69 bits per heavy atom. The smallest absolute Gasteiger partial charge is 0.264 e. The number of benzene rings is 3. The van der Waals surface area contributed by atoms with Gasteiger partial charge in [-0.15, -0.1) is 0 Å². The molecule has 0 aromatic heterocycles. The van der Waals surface area contributed by atoms with Crippen LogP contribution in [0.5, 0.6) is 0 Å². The van der Waals surface area contributed by atoms with E-state index in [2.05, 4.69) is 5.32 Å². The number of carbonyl (C=O) groups is 2. The highest BCUT2D eigenvalue weighted by Crippen LogP contribution is 2.42. The van der Waals surface area contributed by atoms with Gasteiger partial charge in [0.2, 0.25) is 5.91 Å². The largest absolute Gasteiger partial charge is 0.351 e.